The Morgan fingerprint density at radius 2 is 1.94 bits per heavy atom. The van der Waals surface area contributed by atoms with Gasteiger partial charge in [-0.25, -0.2) is 0 Å². The zero-order chi connectivity index (χ0) is 12.1. The molecule has 1 heterocycles. The number of halogens is 2. The molecule has 1 aromatic heterocycles. The van der Waals surface area contributed by atoms with E-state index in [1.54, 1.807) is 6.20 Å². The highest BCUT2D eigenvalue weighted by atomic mass is 79.9. The number of alkyl halides is 1. The van der Waals surface area contributed by atoms with Crippen molar-refractivity contribution in [1.82, 2.24) is 4.98 Å². The van der Waals surface area contributed by atoms with Crippen LogP contribution in [0.25, 0.3) is 0 Å². The van der Waals surface area contributed by atoms with Gasteiger partial charge in [0.25, 0.3) is 0 Å². The number of pyridine rings is 1. The topological polar surface area (TPSA) is 12.9 Å². The number of nitrogens with zero attached hydrogens (tertiary/aromatic N) is 1. The van der Waals surface area contributed by atoms with Crippen molar-refractivity contribution < 1.29 is 0 Å². The van der Waals surface area contributed by atoms with Crippen LogP contribution in [-0.4, -0.2) is 10.9 Å². The first-order valence-corrected chi connectivity index (χ1v) is 6.82. The van der Waals surface area contributed by atoms with Crippen LogP contribution in [0.2, 0.25) is 0 Å². The molecule has 0 N–H and O–H groups in total. The van der Waals surface area contributed by atoms with E-state index < -0.39 is 0 Å². The van der Waals surface area contributed by atoms with E-state index in [-0.39, 0.29) is 0 Å². The fourth-order valence-corrected chi connectivity index (χ4v) is 2.54. The van der Waals surface area contributed by atoms with Gasteiger partial charge in [-0.2, -0.15) is 0 Å². The minimum Gasteiger partial charge on any atom is -0.263 e. The van der Waals surface area contributed by atoms with E-state index in [1.165, 1.54) is 11.1 Å². The summed E-state index contributed by atoms with van der Waals surface area (Å²) in [5, 5.41) is 0. The van der Waals surface area contributed by atoms with Gasteiger partial charge in [-0.15, -0.1) is 11.6 Å². The van der Waals surface area contributed by atoms with Gasteiger partial charge in [0.05, 0.1) is 0 Å². The zero-order valence-electron chi connectivity index (χ0n) is 9.31. The molecule has 2 aromatic rings. The Bertz CT molecular complexity index is 473. The molecule has 1 unspecified atom stereocenters. The number of rotatable bonds is 4. The number of hydrogen-bond donors (Lipinski definition) is 0. The van der Waals surface area contributed by atoms with Gasteiger partial charge in [-0.05, 0) is 39.5 Å². The number of benzene rings is 1. The molecule has 0 saturated carbocycles. The molecule has 0 bridgehead atoms. The number of hydrogen-bond acceptors (Lipinski definition) is 1. The summed E-state index contributed by atoms with van der Waals surface area (Å²) < 4.78 is 1.01. The predicted molar refractivity (Wildman–Crippen MR) is 75.5 cm³/mol. The molecule has 88 valence electrons. The summed E-state index contributed by atoms with van der Waals surface area (Å²) in [7, 11) is 0. The number of aromatic nitrogens is 1. The second-order valence-electron chi connectivity index (χ2n) is 3.98. The van der Waals surface area contributed by atoms with E-state index in [1.807, 2.05) is 24.4 Å². The molecule has 1 atom stereocenters. The van der Waals surface area contributed by atoms with Gasteiger partial charge >= 0.3 is 0 Å². The second-order valence-corrected chi connectivity index (χ2v) is 5.20. The third-order valence-electron chi connectivity index (χ3n) is 2.70. The van der Waals surface area contributed by atoms with Crippen molar-refractivity contribution >= 4 is 27.5 Å². The highest BCUT2D eigenvalue weighted by Crippen LogP contribution is 2.23. The molecule has 0 aliphatic heterocycles. The Kier molecular flexibility index (Phi) is 4.57. The summed E-state index contributed by atoms with van der Waals surface area (Å²) in [5.41, 5.74) is 2.48. The molecule has 0 aliphatic rings. The van der Waals surface area contributed by atoms with Gasteiger partial charge in [0.2, 0.25) is 0 Å². The Morgan fingerprint density at radius 3 is 2.59 bits per heavy atom. The van der Waals surface area contributed by atoms with Crippen LogP contribution >= 0.6 is 27.5 Å². The summed E-state index contributed by atoms with van der Waals surface area (Å²) in [6.45, 7) is 0. The van der Waals surface area contributed by atoms with Crippen LogP contribution < -0.4 is 0 Å². The molecule has 1 nitrogen and oxygen atoms in total. The first-order valence-electron chi connectivity index (χ1n) is 5.50. The Labute approximate surface area is 115 Å². The van der Waals surface area contributed by atoms with Crippen LogP contribution in [-0.2, 0) is 6.42 Å². The Balaban J connectivity index is 2.16. The minimum atomic E-state index is 0.342. The maximum atomic E-state index is 6.06. The highest BCUT2D eigenvalue weighted by molar-refractivity contribution is 9.10. The second kappa shape index (κ2) is 6.18. The molecule has 0 spiro atoms. The monoisotopic (exact) mass is 309 g/mol. The van der Waals surface area contributed by atoms with Gasteiger partial charge in [0.1, 0.15) is 0 Å². The highest BCUT2D eigenvalue weighted by Gasteiger charge is 2.11. The average molecular weight is 311 g/mol. The molecule has 17 heavy (non-hydrogen) atoms. The molecule has 0 saturated heterocycles. The lowest BCUT2D eigenvalue weighted by Crippen LogP contribution is -2.04. The zero-order valence-corrected chi connectivity index (χ0v) is 11.7. The third kappa shape index (κ3) is 3.55. The quantitative estimate of drug-likeness (QED) is 0.762. The standard InChI is InChI=1S/C14H13BrClN/c15-14-7-11(9-17-10-14)6-13(8-16)12-4-2-1-3-5-12/h1-5,7,9-10,13H,6,8H2. The average Bonchev–Trinajstić information content (AvgIpc) is 2.37. The summed E-state index contributed by atoms with van der Waals surface area (Å²) in [6, 6.07) is 12.5. The van der Waals surface area contributed by atoms with E-state index in [0.717, 1.165) is 10.9 Å². The van der Waals surface area contributed by atoms with Crippen LogP contribution in [0.4, 0.5) is 0 Å². The maximum absolute atomic E-state index is 6.06. The van der Waals surface area contributed by atoms with Crippen LogP contribution in [0.15, 0.2) is 53.3 Å². The molecule has 0 radical (unpaired) electrons. The molecule has 0 aliphatic carbocycles. The summed E-state index contributed by atoms with van der Waals surface area (Å²) in [4.78, 5) is 4.18. The smallest absolute Gasteiger partial charge is 0.0410 e. The molecular formula is C14H13BrClN. The fraction of sp³-hybridized carbons (Fsp3) is 0.214. The van der Waals surface area contributed by atoms with E-state index in [2.05, 4.69) is 39.1 Å². The van der Waals surface area contributed by atoms with Crippen LogP contribution in [0.1, 0.15) is 17.0 Å². The maximum Gasteiger partial charge on any atom is 0.0410 e. The lowest BCUT2D eigenvalue weighted by Gasteiger charge is -2.14. The fourth-order valence-electron chi connectivity index (χ4n) is 1.84. The predicted octanol–water partition coefficient (Wildman–Crippen LogP) is 4.41. The normalized spacial score (nSPS) is 12.4. The van der Waals surface area contributed by atoms with E-state index in [0.29, 0.717) is 11.8 Å². The molecule has 1 aromatic carbocycles. The molecule has 0 amide bonds. The van der Waals surface area contributed by atoms with E-state index in [4.69, 9.17) is 11.6 Å². The van der Waals surface area contributed by atoms with Crippen molar-refractivity contribution in [3.8, 4) is 0 Å². The first-order chi connectivity index (χ1) is 8.29. The van der Waals surface area contributed by atoms with Gasteiger partial charge in [0, 0.05) is 28.7 Å². The van der Waals surface area contributed by atoms with Gasteiger partial charge in [-0.3, -0.25) is 4.98 Å². The Morgan fingerprint density at radius 1 is 1.18 bits per heavy atom. The Hall–Kier alpha value is -0.860. The van der Waals surface area contributed by atoms with Crippen molar-refractivity contribution in [1.29, 1.82) is 0 Å². The lowest BCUT2D eigenvalue weighted by molar-refractivity contribution is 0.763. The van der Waals surface area contributed by atoms with Crippen molar-refractivity contribution in [2.45, 2.75) is 12.3 Å². The van der Waals surface area contributed by atoms with Crippen molar-refractivity contribution in [2.75, 3.05) is 5.88 Å². The minimum absolute atomic E-state index is 0.342. The van der Waals surface area contributed by atoms with Crippen LogP contribution in [0, 0.1) is 0 Å². The van der Waals surface area contributed by atoms with Crippen molar-refractivity contribution in [3.63, 3.8) is 0 Å². The summed E-state index contributed by atoms with van der Waals surface area (Å²) in [5.74, 6) is 0.963. The molecule has 2 rings (SSSR count). The van der Waals surface area contributed by atoms with Crippen molar-refractivity contribution in [2.24, 2.45) is 0 Å². The third-order valence-corrected chi connectivity index (χ3v) is 3.51. The lowest BCUT2D eigenvalue weighted by atomic mass is 9.94. The van der Waals surface area contributed by atoms with Crippen molar-refractivity contribution in [3.05, 3.63) is 64.4 Å². The van der Waals surface area contributed by atoms with Crippen LogP contribution in [0.3, 0.4) is 0 Å². The summed E-state index contributed by atoms with van der Waals surface area (Å²) in [6.07, 6.45) is 4.61. The first kappa shape index (κ1) is 12.6. The van der Waals surface area contributed by atoms with E-state index >= 15 is 0 Å². The molecule has 3 heteroatoms. The van der Waals surface area contributed by atoms with Gasteiger partial charge in [0.15, 0.2) is 0 Å². The SMILES string of the molecule is ClCC(Cc1cncc(Br)c1)c1ccccc1. The summed E-state index contributed by atoms with van der Waals surface area (Å²) >= 11 is 9.49. The largest absolute Gasteiger partial charge is 0.263 e. The van der Waals surface area contributed by atoms with Gasteiger partial charge < -0.3 is 0 Å². The van der Waals surface area contributed by atoms with Gasteiger partial charge in [-0.1, -0.05) is 30.3 Å². The molecular weight excluding hydrogens is 298 g/mol. The molecule has 0 fully saturated rings. The van der Waals surface area contributed by atoms with Crippen LogP contribution in [0.5, 0.6) is 0 Å². The van der Waals surface area contributed by atoms with E-state index in [9.17, 15) is 0 Å².